The van der Waals surface area contributed by atoms with Crippen molar-refractivity contribution in [3.63, 3.8) is 0 Å². The van der Waals surface area contributed by atoms with Crippen LogP contribution >= 0.6 is 0 Å². The topological polar surface area (TPSA) is 124 Å². The minimum absolute atomic E-state index is 0.0367. The van der Waals surface area contributed by atoms with Crippen molar-refractivity contribution >= 4 is 31.4 Å². The van der Waals surface area contributed by atoms with Crippen LogP contribution in [0.3, 0.4) is 0 Å². The maximum atomic E-state index is 14.0. The summed E-state index contributed by atoms with van der Waals surface area (Å²) >= 11 is 0. The van der Waals surface area contributed by atoms with Crippen LogP contribution < -0.4 is 9.47 Å². The van der Waals surface area contributed by atoms with E-state index in [1.165, 1.54) is 14.2 Å². The van der Waals surface area contributed by atoms with Gasteiger partial charge in [0.1, 0.15) is 17.2 Å². The van der Waals surface area contributed by atoms with Gasteiger partial charge in [-0.15, -0.1) is 4.40 Å². The van der Waals surface area contributed by atoms with Gasteiger partial charge >= 0.3 is 0 Å². The second-order valence-electron chi connectivity index (χ2n) is 8.12. The van der Waals surface area contributed by atoms with Crippen LogP contribution in [0, 0.1) is 0 Å². The Morgan fingerprint density at radius 2 is 1.46 bits per heavy atom. The first-order valence-corrected chi connectivity index (χ1v) is 14.2. The summed E-state index contributed by atoms with van der Waals surface area (Å²) in [6.07, 6.45) is 0.872. The molecule has 2 aromatic rings. The zero-order valence-electron chi connectivity index (χ0n) is 20.0. The minimum atomic E-state index is -4.75. The van der Waals surface area contributed by atoms with Crippen LogP contribution in [0.25, 0.3) is 0 Å². The molecule has 0 unspecified atom stereocenters. The van der Waals surface area contributed by atoms with Crippen molar-refractivity contribution in [2.75, 3.05) is 33.6 Å². The molecule has 4 rings (SSSR count). The number of sulfone groups is 1. The van der Waals surface area contributed by atoms with Crippen LogP contribution in [0.5, 0.6) is 11.5 Å². The molecule has 0 amide bonds. The zero-order chi connectivity index (χ0) is 25.6. The summed E-state index contributed by atoms with van der Waals surface area (Å²) in [7, 11) is -6.24. The van der Waals surface area contributed by atoms with Crippen molar-refractivity contribution in [1.29, 1.82) is 0 Å². The molecule has 12 heteroatoms. The van der Waals surface area contributed by atoms with Gasteiger partial charge in [-0.3, -0.25) is 0 Å². The number of sulfonamides is 1. The SMILES string of the molecule is CCN(CC)C1=NS(=O)(=O)[C@]2(S(C)(=O)=O)C(c3ccc(OC)cc3)=NO[C@]12c1ccc(OC)cc1. The van der Waals surface area contributed by atoms with Crippen LogP contribution in [-0.2, 0) is 30.3 Å². The predicted octanol–water partition coefficient (Wildman–Crippen LogP) is 2.16. The third-order valence-electron chi connectivity index (χ3n) is 6.38. The summed E-state index contributed by atoms with van der Waals surface area (Å²) in [5.41, 5.74) is -1.81. The molecule has 0 radical (unpaired) electrons. The highest BCUT2D eigenvalue weighted by atomic mass is 32.3. The predicted molar refractivity (Wildman–Crippen MR) is 132 cm³/mol. The Bertz CT molecular complexity index is 1400. The van der Waals surface area contributed by atoms with Gasteiger partial charge in [0.05, 0.1) is 14.2 Å². The highest BCUT2D eigenvalue weighted by molar-refractivity contribution is 8.11. The number of ether oxygens (including phenoxy) is 2. The van der Waals surface area contributed by atoms with Gasteiger partial charge < -0.3 is 19.2 Å². The third-order valence-corrected chi connectivity index (χ3v) is 11.1. The molecular weight excluding hydrogens is 494 g/mol. The van der Waals surface area contributed by atoms with E-state index in [0.29, 0.717) is 24.6 Å². The first-order chi connectivity index (χ1) is 16.5. The van der Waals surface area contributed by atoms with Crippen molar-refractivity contribution in [3.05, 3.63) is 59.7 Å². The Morgan fingerprint density at radius 3 is 1.91 bits per heavy atom. The molecule has 0 bridgehead atoms. The Kier molecular flexibility index (Phi) is 6.08. The van der Waals surface area contributed by atoms with E-state index in [2.05, 4.69) is 9.55 Å². The van der Waals surface area contributed by atoms with Crippen LogP contribution in [0.2, 0.25) is 0 Å². The third kappa shape index (κ3) is 3.26. The Hall–Kier alpha value is -3.12. The van der Waals surface area contributed by atoms with E-state index in [0.717, 1.165) is 6.26 Å². The van der Waals surface area contributed by atoms with Crippen LogP contribution in [0.1, 0.15) is 25.0 Å². The molecule has 0 saturated heterocycles. The summed E-state index contributed by atoms with van der Waals surface area (Å²) in [6, 6.07) is 12.6. The van der Waals surface area contributed by atoms with Crippen molar-refractivity contribution < 1.29 is 31.1 Å². The highest BCUT2D eigenvalue weighted by Crippen LogP contribution is 2.57. The lowest BCUT2D eigenvalue weighted by molar-refractivity contribution is 0.0228. The lowest BCUT2D eigenvalue weighted by atomic mass is 9.84. The monoisotopic (exact) mass is 521 g/mol. The molecule has 0 saturated carbocycles. The molecule has 188 valence electrons. The molecule has 2 aromatic carbocycles. The molecule has 0 aliphatic carbocycles. The average molecular weight is 522 g/mol. The van der Waals surface area contributed by atoms with Crippen LogP contribution in [-0.4, -0.2) is 70.9 Å². The van der Waals surface area contributed by atoms with E-state index in [4.69, 9.17) is 14.3 Å². The van der Waals surface area contributed by atoms with Gasteiger partial charge in [-0.05, 0) is 50.2 Å². The Labute approximate surface area is 205 Å². The van der Waals surface area contributed by atoms with Gasteiger partial charge in [0.2, 0.25) is 0 Å². The number of fused-ring (bicyclic) bond motifs is 1. The van der Waals surface area contributed by atoms with E-state index in [-0.39, 0.29) is 22.7 Å². The van der Waals surface area contributed by atoms with Gasteiger partial charge in [-0.25, -0.2) is 16.8 Å². The molecular formula is C23H27N3O7S2. The smallest absolute Gasteiger partial charge is 0.291 e. The molecule has 2 atom stereocenters. The van der Waals surface area contributed by atoms with Gasteiger partial charge in [0.25, 0.3) is 19.7 Å². The zero-order valence-corrected chi connectivity index (χ0v) is 21.7. The number of rotatable bonds is 7. The molecule has 2 aliphatic rings. The molecule has 10 nitrogen and oxygen atoms in total. The van der Waals surface area contributed by atoms with Crippen molar-refractivity contribution in [1.82, 2.24) is 4.90 Å². The quantitative estimate of drug-likeness (QED) is 0.543. The standard InChI is InChI=1S/C23H27N3O7S2/c1-6-26(7-2)21-22(17-10-14-19(32-4)15-11-17)23(34(5,27)28,35(29,30)25-21)20(24-33-22)16-8-12-18(31-3)13-9-16/h8-15H,6-7H2,1-5H3/t22-,23-/m1/s1. The van der Waals surface area contributed by atoms with Crippen molar-refractivity contribution in [2.24, 2.45) is 9.55 Å². The van der Waals surface area contributed by atoms with Gasteiger partial charge in [-0.1, -0.05) is 17.3 Å². The number of amidine groups is 1. The molecule has 0 aromatic heterocycles. The number of hydrogen-bond acceptors (Lipinski definition) is 9. The highest BCUT2D eigenvalue weighted by Gasteiger charge is 2.82. The van der Waals surface area contributed by atoms with E-state index in [9.17, 15) is 16.8 Å². The fraction of sp³-hybridized carbons (Fsp3) is 0.391. The van der Waals surface area contributed by atoms with Crippen molar-refractivity contribution in [2.45, 2.75) is 23.5 Å². The largest absolute Gasteiger partial charge is 0.497 e. The summed E-state index contributed by atoms with van der Waals surface area (Å²) < 4.78 is 67.2. The normalized spacial score (nSPS) is 24.7. The first kappa shape index (κ1) is 25.0. The Balaban J connectivity index is 2.11. The van der Waals surface area contributed by atoms with E-state index < -0.39 is 29.5 Å². The summed E-state index contributed by atoms with van der Waals surface area (Å²) in [5.74, 6) is 0.981. The second kappa shape index (κ2) is 8.52. The molecule has 2 heterocycles. The van der Waals surface area contributed by atoms with E-state index >= 15 is 0 Å². The number of hydrogen-bond donors (Lipinski definition) is 0. The lowest BCUT2D eigenvalue weighted by Crippen LogP contribution is -2.64. The molecule has 2 aliphatic heterocycles. The summed E-state index contributed by atoms with van der Waals surface area (Å²) in [6.45, 7) is 4.37. The fourth-order valence-corrected chi connectivity index (χ4v) is 9.28. The molecule has 0 spiro atoms. The van der Waals surface area contributed by atoms with Crippen LogP contribution in [0.15, 0.2) is 58.1 Å². The minimum Gasteiger partial charge on any atom is -0.497 e. The van der Waals surface area contributed by atoms with E-state index in [1.807, 2.05) is 13.8 Å². The maximum absolute atomic E-state index is 14.0. The van der Waals surface area contributed by atoms with E-state index in [1.54, 1.807) is 53.4 Å². The Morgan fingerprint density at radius 1 is 0.943 bits per heavy atom. The first-order valence-electron chi connectivity index (χ1n) is 10.9. The summed E-state index contributed by atoms with van der Waals surface area (Å²) in [5, 5.41) is 4.15. The molecule has 35 heavy (non-hydrogen) atoms. The average Bonchev–Trinajstić information content (AvgIpc) is 3.32. The molecule has 0 fully saturated rings. The number of likely N-dealkylation sites (N-methyl/N-ethyl adjacent to an activating group) is 1. The number of methoxy groups -OCH3 is 2. The number of oxime groups is 1. The van der Waals surface area contributed by atoms with Crippen LogP contribution in [0.4, 0.5) is 0 Å². The van der Waals surface area contributed by atoms with Gasteiger partial charge in [0.15, 0.2) is 15.7 Å². The molecule has 0 N–H and O–H groups in total. The maximum Gasteiger partial charge on any atom is 0.291 e. The fourth-order valence-electron chi connectivity index (χ4n) is 4.76. The number of nitrogens with zero attached hydrogens (tertiary/aromatic N) is 3. The number of benzene rings is 2. The van der Waals surface area contributed by atoms with Crippen molar-refractivity contribution in [3.8, 4) is 11.5 Å². The lowest BCUT2D eigenvalue weighted by Gasteiger charge is -2.38. The van der Waals surface area contributed by atoms with Gasteiger partial charge in [0, 0.05) is 30.5 Å². The van der Waals surface area contributed by atoms with Gasteiger partial charge in [-0.2, -0.15) is 0 Å². The second-order valence-corrected chi connectivity index (χ2v) is 12.3. The summed E-state index contributed by atoms with van der Waals surface area (Å²) in [4.78, 5) is 7.66.